The van der Waals surface area contributed by atoms with Gasteiger partial charge in [0.2, 0.25) is 0 Å². The molecule has 0 aliphatic heterocycles. The largest absolute Gasteiger partial charge is 0.453 e. The molecule has 4 heteroatoms. The average Bonchev–Trinajstić information content (AvgIpc) is 2.46. The summed E-state index contributed by atoms with van der Waals surface area (Å²) in [6, 6.07) is 5.79. The van der Waals surface area contributed by atoms with Crippen molar-refractivity contribution in [2.45, 2.75) is 0 Å². The molecule has 0 aliphatic carbocycles. The summed E-state index contributed by atoms with van der Waals surface area (Å²) in [7, 11) is 0. The van der Waals surface area contributed by atoms with Crippen molar-refractivity contribution in [3.63, 3.8) is 0 Å². The van der Waals surface area contributed by atoms with Gasteiger partial charge in [-0.25, -0.2) is 4.39 Å². The fraction of sp³-hybridized carbons (Fsp3) is 0. The van der Waals surface area contributed by atoms with Crippen molar-refractivity contribution < 1.29 is 8.81 Å². The van der Waals surface area contributed by atoms with E-state index in [1.807, 2.05) is 0 Å². The van der Waals surface area contributed by atoms with E-state index in [1.54, 1.807) is 12.1 Å². The second-order valence-corrected chi connectivity index (χ2v) is 2.71. The van der Waals surface area contributed by atoms with Crippen LogP contribution < -0.4 is 5.73 Å². The second-order valence-electron chi connectivity index (χ2n) is 2.71. The fourth-order valence-corrected chi connectivity index (χ4v) is 1.14. The molecule has 0 radical (unpaired) electrons. The Labute approximate surface area is 73.5 Å². The number of amidine groups is 1. The van der Waals surface area contributed by atoms with E-state index in [9.17, 15) is 4.39 Å². The smallest absolute Gasteiger partial charge is 0.169 e. The molecule has 0 fully saturated rings. The van der Waals surface area contributed by atoms with Gasteiger partial charge in [0.25, 0.3) is 0 Å². The van der Waals surface area contributed by atoms with Crippen LogP contribution in [-0.4, -0.2) is 5.84 Å². The van der Waals surface area contributed by atoms with Gasteiger partial charge in [0.05, 0.1) is 0 Å². The summed E-state index contributed by atoms with van der Waals surface area (Å²) < 4.78 is 17.8. The van der Waals surface area contributed by atoms with Crippen LogP contribution in [0.15, 0.2) is 28.7 Å². The molecule has 1 heterocycles. The Morgan fingerprint density at radius 1 is 1.38 bits per heavy atom. The van der Waals surface area contributed by atoms with Crippen LogP contribution in [0.2, 0.25) is 0 Å². The van der Waals surface area contributed by atoms with Gasteiger partial charge in [-0.1, -0.05) is 0 Å². The molecule has 3 N–H and O–H groups in total. The maximum Gasteiger partial charge on any atom is 0.169 e. The molecule has 66 valence electrons. The highest BCUT2D eigenvalue weighted by molar-refractivity contribution is 5.96. The number of rotatable bonds is 1. The number of hydrogen-bond acceptors (Lipinski definition) is 2. The van der Waals surface area contributed by atoms with Gasteiger partial charge in [-0.2, -0.15) is 0 Å². The normalized spacial score (nSPS) is 10.5. The molecule has 0 unspecified atom stereocenters. The monoisotopic (exact) mass is 178 g/mol. The molecule has 0 atom stereocenters. The number of fused-ring (bicyclic) bond motifs is 1. The molecule has 2 aromatic rings. The summed E-state index contributed by atoms with van der Waals surface area (Å²) in [4.78, 5) is 0. The minimum atomic E-state index is -0.364. The van der Waals surface area contributed by atoms with Crippen LogP contribution in [0.5, 0.6) is 0 Å². The summed E-state index contributed by atoms with van der Waals surface area (Å²) in [5.74, 6) is -0.255. The summed E-state index contributed by atoms with van der Waals surface area (Å²) in [5.41, 5.74) is 5.62. The van der Waals surface area contributed by atoms with E-state index >= 15 is 0 Å². The Bertz CT molecular complexity index is 475. The van der Waals surface area contributed by atoms with Gasteiger partial charge in [-0.3, -0.25) is 5.41 Å². The van der Waals surface area contributed by atoms with Gasteiger partial charge in [0, 0.05) is 11.5 Å². The molecule has 2 rings (SSSR count). The zero-order valence-electron chi connectivity index (χ0n) is 6.67. The predicted octanol–water partition coefficient (Wildman–Crippen LogP) is 1.86. The highest BCUT2D eigenvalue weighted by atomic mass is 19.1. The van der Waals surface area contributed by atoms with Crippen molar-refractivity contribution in [2.75, 3.05) is 0 Å². The maximum absolute atomic E-state index is 12.7. The van der Waals surface area contributed by atoms with Crippen LogP contribution in [0, 0.1) is 11.2 Å². The van der Waals surface area contributed by atoms with Crippen molar-refractivity contribution >= 4 is 16.8 Å². The molecule has 1 aromatic carbocycles. The van der Waals surface area contributed by atoms with Gasteiger partial charge in [-0.15, -0.1) is 0 Å². The number of hydrogen-bond donors (Lipinski definition) is 2. The van der Waals surface area contributed by atoms with Crippen LogP contribution in [-0.2, 0) is 0 Å². The Morgan fingerprint density at radius 2 is 2.15 bits per heavy atom. The summed E-state index contributed by atoms with van der Waals surface area (Å²) in [6.45, 7) is 0. The van der Waals surface area contributed by atoms with E-state index in [2.05, 4.69) is 0 Å². The highest BCUT2D eigenvalue weighted by Gasteiger charge is 2.05. The summed E-state index contributed by atoms with van der Waals surface area (Å²) >= 11 is 0. The first-order chi connectivity index (χ1) is 6.16. The van der Waals surface area contributed by atoms with Gasteiger partial charge >= 0.3 is 0 Å². The van der Waals surface area contributed by atoms with Crippen LogP contribution in [0.25, 0.3) is 11.0 Å². The predicted molar refractivity (Wildman–Crippen MR) is 47.2 cm³/mol. The lowest BCUT2D eigenvalue weighted by atomic mass is 10.2. The first-order valence-electron chi connectivity index (χ1n) is 3.70. The summed E-state index contributed by atoms with van der Waals surface area (Å²) in [6.07, 6.45) is 0. The first kappa shape index (κ1) is 7.79. The van der Waals surface area contributed by atoms with Gasteiger partial charge in [0.15, 0.2) is 11.6 Å². The van der Waals surface area contributed by atoms with E-state index < -0.39 is 0 Å². The zero-order valence-corrected chi connectivity index (χ0v) is 6.67. The molecule has 0 aliphatic rings. The highest BCUT2D eigenvalue weighted by Crippen LogP contribution is 2.19. The fourth-order valence-electron chi connectivity index (χ4n) is 1.14. The van der Waals surface area contributed by atoms with E-state index in [0.717, 1.165) is 5.39 Å². The molecule has 3 nitrogen and oxygen atoms in total. The lowest BCUT2D eigenvalue weighted by molar-refractivity contribution is 0.590. The Morgan fingerprint density at radius 3 is 2.85 bits per heavy atom. The molecule has 0 amide bonds. The number of nitrogens with two attached hydrogens (primary N) is 1. The lowest BCUT2D eigenvalue weighted by Crippen LogP contribution is -2.09. The standard InChI is InChI=1S/C9H7FN2O/c10-6-2-1-5-3-8(9(11)12)13-7(5)4-6/h1-4H,(H3,11,12). The van der Waals surface area contributed by atoms with Crippen molar-refractivity contribution in [2.24, 2.45) is 5.73 Å². The molecule has 0 bridgehead atoms. The topological polar surface area (TPSA) is 63.0 Å². The van der Waals surface area contributed by atoms with Gasteiger partial charge in [0.1, 0.15) is 11.4 Å². The average molecular weight is 178 g/mol. The second kappa shape index (κ2) is 2.58. The molecule has 13 heavy (non-hydrogen) atoms. The van der Waals surface area contributed by atoms with E-state index in [4.69, 9.17) is 15.6 Å². The van der Waals surface area contributed by atoms with Crippen molar-refractivity contribution in [1.82, 2.24) is 0 Å². The molecule has 1 aromatic heterocycles. The number of nitrogens with one attached hydrogen (secondary N) is 1. The van der Waals surface area contributed by atoms with Crippen molar-refractivity contribution in [3.05, 3.63) is 35.8 Å². The minimum absolute atomic E-state index is 0.156. The Kier molecular flexibility index (Phi) is 1.55. The third kappa shape index (κ3) is 1.26. The minimum Gasteiger partial charge on any atom is -0.453 e. The van der Waals surface area contributed by atoms with E-state index in [1.165, 1.54) is 12.1 Å². The van der Waals surface area contributed by atoms with Crippen LogP contribution in [0.4, 0.5) is 4.39 Å². The SMILES string of the molecule is N=C(N)c1cc2ccc(F)cc2o1. The number of halogens is 1. The molecule has 0 saturated carbocycles. The third-order valence-corrected chi connectivity index (χ3v) is 1.75. The van der Waals surface area contributed by atoms with E-state index in [-0.39, 0.29) is 17.4 Å². The molecular formula is C9H7FN2O. The summed E-state index contributed by atoms with van der Waals surface area (Å²) in [5, 5.41) is 7.85. The zero-order chi connectivity index (χ0) is 9.42. The lowest BCUT2D eigenvalue weighted by Gasteiger charge is -1.88. The Balaban J connectivity index is 2.68. The first-order valence-corrected chi connectivity index (χ1v) is 3.70. The van der Waals surface area contributed by atoms with Crippen LogP contribution >= 0.6 is 0 Å². The quantitative estimate of drug-likeness (QED) is 0.517. The van der Waals surface area contributed by atoms with Crippen molar-refractivity contribution in [3.8, 4) is 0 Å². The van der Waals surface area contributed by atoms with Crippen molar-refractivity contribution in [1.29, 1.82) is 5.41 Å². The number of furan rings is 1. The molecular weight excluding hydrogens is 171 g/mol. The molecule has 0 spiro atoms. The number of nitrogen functional groups attached to an aromatic ring is 1. The van der Waals surface area contributed by atoms with Gasteiger partial charge < -0.3 is 10.2 Å². The molecule has 0 saturated heterocycles. The van der Waals surface area contributed by atoms with E-state index in [0.29, 0.717) is 5.58 Å². The van der Waals surface area contributed by atoms with Crippen LogP contribution in [0.3, 0.4) is 0 Å². The van der Waals surface area contributed by atoms with Crippen LogP contribution in [0.1, 0.15) is 5.76 Å². The number of benzene rings is 1. The van der Waals surface area contributed by atoms with Gasteiger partial charge in [-0.05, 0) is 18.2 Å². The Hall–Kier alpha value is -1.84. The maximum atomic E-state index is 12.7. The third-order valence-electron chi connectivity index (χ3n) is 1.75.